The molecule has 0 aliphatic rings. The van der Waals surface area contributed by atoms with E-state index in [-0.39, 0.29) is 0 Å². The van der Waals surface area contributed by atoms with Gasteiger partial charge in [-0.2, -0.15) is 0 Å². The van der Waals surface area contributed by atoms with Crippen molar-refractivity contribution in [2.75, 3.05) is 18.0 Å². The van der Waals surface area contributed by atoms with E-state index in [0.717, 1.165) is 31.1 Å². The van der Waals surface area contributed by atoms with Gasteiger partial charge in [-0.05, 0) is 13.8 Å². The van der Waals surface area contributed by atoms with E-state index in [0.29, 0.717) is 6.04 Å². The molecule has 0 amide bonds. The number of anilines is 1. The van der Waals surface area contributed by atoms with Crippen LogP contribution >= 0.6 is 0 Å². The summed E-state index contributed by atoms with van der Waals surface area (Å²) in [6.45, 7) is 11.2. The molecule has 0 aliphatic carbocycles. The zero-order chi connectivity index (χ0) is 12.0. The summed E-state index contributed by atoms with van der Waals surface area (Å²) < 4.78 is 0. The average Bonchev–Trinajstić information content (AvgIpc) is 2.29. The summed E-state index contributed by atoms with van der Waals surface area (Å²) in [6.07, 6.45) is 3.80. The van der Waals surface area contributed by atoms with Crippen molar-refractivity contribution in [3.8, 4) is 0 Å². The zero-order valence-electron chi connectivity index (χ0n) is 10.7. The Morgan fingerprint density at radius 2 is 1.75 bits per heavy atom. The molecule has 0 bridgehead atoms. The molecule has 0 aliphatic heterocycles. The summed E-state index contributed by atoms with van der Waals surface area (Å²) in [4.78, 5) is 10.9. The third-order valence-corrected chi connectivity index (χ3v) is 2.45. The lowest BCUT2D eigenvalue weighted by molar-refractivity contribution is 0.586. The van der Waals surface area contributed by atoms with Crippen molar-refractivity contribution < 1.29 is 0 Å². The Hall–Kier alpha value is -1.16. The smallest absolute Gasteiger partial charge is 0.225 e. The first kappa shape index (κ1) is 12.9. The van der Waals surface area contributed by atoms with Crippen LogP contribution in [0.4, 0.5) is 5.95 Å². The summed E-state index contributed by atoms with van der Waals surface area (Å²) in [7, 11) is 0. The lowest BCUT2D eigenvalue weighted by Crippen LogP contribution is -2.25. The molecule has 1 heterocycles. The summed E-state index contributed by atoms with van der Waals surface area (Å²) in [5.41, 5.74) is 1.13. The van der Waals surface area contributed by atoms with Gasteiger partial charge in [-0.1, -0.05) is 13.8 Å². The zero-order valence-corrected chi connectivity index (χ0v) is 10.7. The highest BCUT2D eigenvalue weighted by Gasteiger charge is 2.04. The Labute approximate surface area is 98.1 Å². The molecule has 0 saturated heterocycles. The molecule has 90 valence electrons. The molecule has 4 heteroatoms. The van der Waals surface area contributed by atoms with Crippen molar-refractivity contribution in [3.63, 3.8) is 0 Å². The maximum Gasteiger partial charge on any atom is 0.225 e. The molecule has 0 saturated carbocycles. The lowest BCUT2D eigenvalue weighted by atomic mass is 10.3. The first-order valence-corrected chi connectivity index (χ1v) is 5.96. The van der Waals surface area contributed by atoms with Crippen molar-refractivity contribution in [1.29, 1.82) is 0 Å². The van der Waals surface area contributed by atoms with Gasteiger partial charge in [0.15, 0.2) is 0 Å². The normalized spacial score (nSPS) is 10.8. The maximum atomic E-state index is 4.37. The fourth-order valence-electron chi connectivity index (χ4n) is 1.43. The molecule has 0 unspecified atom stereocenters. The van der Waals surface area contributed by atoms with Gasteiger partial charge in [-0.15, -0.1) is 0 Å². The summed E-state index contributed by atoms with van der Waals surface area (Å²) in [5, 5.41) is 3.34. The molecular weight excluding hydrogens is 200 g/mol. The van der Waals surface area contributed by atoms with Gasteiger partial charge in [0.1, 0.15) is 0 Å². The van der Waals surface area contributed by atoms with Gasteiger partial charge in [0, 0.05) is 43.6 Å². The van der Waals surface area contributed by atoms with Crippen LogP contribution in [-0.4, -0.2) is 29.1 Å². The number of nitrogens with one attached hydrogen (secondary N) is 1. The van der Waals surface area contributed by atoms with Gasteiger partial charge in [0.2, 0.25) is 5.95 Å². The van der Waals surface area contributed by atoms with Crippen molar-refractivity contribution >= 4 is 5.95 Å². The van der Waals surface area contributed by atoms with Gasteiger partial charge in [0.05, 0.1) is 0 Å². The van der Waals surface area contributed by atoms with E-state index in [4.69, 9.17) is 0 Å². The quantitative estimate of drug-likeness (QED) is 0.797. The third-order valence-electron chi connectivity index (χ3n) is 2.45. The number of hydrogen-bond donors (Lipinski definition) is 1. The van der Waals surface area contributed by atoms with E-state index >= 15 is 0 Å². The first-order valence-electron chi connectivity index (χ1n) is 5.96. The van der Waals surface area contributed by atoms with Crippen molar-refractivity contribution in [2.24, 2.45) is 0 Å². The van der Waals surface area contributed by atoms with Crippen molar-refractivity contribution in [1.82, 2.24) is 15.3 Å². The Morgan fingerprint density at radius 1 is 1.19 bits per heavy atom. The highest BCUT2D eigenvalue weighted by atomic mass is 15.2. The second kappa shape index (κ2) is 6.43. The minimum absolute atomic E-state index is 0.488. The monoisotopic (exact) mass is 222 g/mol. The standard InChI is InChI=1S/C12H22N4/c1-5-16(6-2)12-14-8-11(9-15-12)7-13-10(3)4/h8-10,13H,5-7H2,1-4H3. The van der Waals surface area contributed by atoms with E-state index in [2.05, 4.69) is 47.9 Å². The Kier molecular flexibility index (Phi) is 5.19. The predicted molar refractivity (Wildman–Crippen MR) is 67.6 cm³/mol. The number of hydrogen-bond acceptors (Lipinski definition) is 4. The van der Waals surface area contributed by atoms with Gasteiger partial charge >= 0.3 is 0 Å². The van der Waals surface area contributed by atoms with Crippen LogP contribution in [-0.2, 0) is 6.54 Å². The SMILES string of the molecule is CCN(CC)c1ncc(CNC(C)C)cn1. The average molecular weight is 222 g/mol. The molecule has 0 atom stereocenters. The molecule has 0 spiro atoms. The van der Waals surface area contributed by atoms with E-state index in [1.165, 1.54) is 0 Å². The number of aromatic nitrogens is 2. The highest BCUT2D eigenvalue weighted by Crippen LogP contribution is 2.06. The van der Waals surface area contributed by atoms with Gasteiger partial charge in [0.25, 0.3) is 0 Å². The summed E-state index contributed by atoms with van der Waals surface area (Å²) in [5.74, 6) is 0.818. The van der Waals surface area contributed by atoms with Gasteiger partial charge in [-0.3, -0.25) is 0 Å². The minimum Gasteiger partial charge on any atom is -0.341 e. The van der Waals surface area contributed by atoms with E-state index in [1.54, 1.807) is 0 Å². The largest absolute Gasteiger partial charge is 0.341 e. The van der Waals surface area contributed by atoms with Crippen LogP contribution in [0.1, 0.15) is 33.3 Å². The van der Waals surface area contributed by atoms with Crippen LogP contribution in [0.25, 0.3) is 0 Å². The third kappa shape index (κ3) is 3.77. The molecule has 1 rings (SSSR count). The molecule has 1 aromatic rings. The molecule has 0 aromatic carbocycles. The maximum absolute atomic E-state index is 4.37. The molecule has 16 heavy (non-hydrogen) atoms. The van der Waals surface area contributed by atoms with Crippen LogP contribution < -0.4 is 10.2 Å². The highest BCUT2D eigenvalue weighted by molar-refractivity contribution is 5.29. The van der Waals surface area contributed by atoms with E-state index in [9.17, 15) is 0 Å². The van der Waals surface area contributed by atoms with Crippen LogP contribution in [0.5, 0.6) is 0 Å². The first-order chi connectivity index (χ1) is 7.67. The second-order valence-electron chi connectivity index (χ2n) is 4.10. The molecule has 4 nitrogen and oxygen atoms in total. The molecular formula is C12H22N4. The molecule has 1 aromatic heterocycles. The predicted octanol–water partition coefficient (Wildman–Crippen LogP) is 1.82. The fraction of sp³-hybridized carbons (Fsp3) is 0.667. The van der Waals surface area contributed by atoms with Gasteiger partial charge < -0.3 is 10.2 Å². The fourth-order valence-corrected chi connectivity index (χ4v) is 1.43. The number of rotatable bonds is 6. The van der Waals surface area contributed by atoms with Crippen LogP contribution in [0.2, 0.25) is 0 Å². The summed E-state index contributed by atoms with van der Waals surface area (Å²) >= 11 is 0. The second-order valence-corrected chi connectivity index (χ2v) is 4.10. The number of nitrogens with zero attached hydrogens (tertiary/aromatic N) is 3. The Balaban J connectivity index is 2.60. The molecule has 1 N–H and O–H groups in total. The van der Waals surface area contributed by atoms with Crippen molar-refractivity contribution in [2.45, 2.75) is 40.3 Å². The lowest BCUT2D eigenvalue weighted by Gasteiger charge is -2.18. The van der Waals surface area contributed by atoms with Gasteiger partial charge in [-0.25, -0.2) is 9.97 Å². The minimum atomic E-state index is 0.488. The van der Waals surface area contributed by atoms with Crippen LogP contribution in [0.3, 0.4) is 0 Å². The van der Waals surface area contributed by atoms with E-state index < -0.39 is 0 Å². The Bertz CT molecular complexity index is 290. The summed E-state index contributed by atoms with van der Waals surface area (Å²) in [6, 6.07) is 0.488. The van der Waals surface area contributed by atoms with Crippen LogP contribution in [0.15, 0.2) is 12.4 Å². The topological polar surface area (TPSA) is 41.1 Å². The van der Waals surface area contributed by atoms with Crippen LogP contribution in [0, 0.1) is 0 Å². The van der Waals surface area contributed by atoms with Crippen molar-refractivity contribution in [3.05, 3.63) is 18.0 Å². The van der Waals surface area contributed by atoms with E-state index in [1.807, 2.05) is 12.4 Å². The Morgan fingerprint density at radius 3 is 2.19 bits per heavy atom. The molecule has 0 radical (unpaired) electrons. The molecule has 0 fully saturated rings.